The Bertz CT molecular complexity index is 461. The van der Waals surface area contributed by atoms with Crippen molar-refractivity contribution in [1.82, 2.24) is 0 Å². The van der Waals surface area contributed by atoms with Crippen LogP contribution in [-0.4, -0.2) is 24.2 Å². The predicted octanol–water partition coefficient (Wildman–Crippen LogP) is 3.54. The van der Waals surface area contributed by atoms with Crippen molar-refractivity contribution < 1.29 is 14.3 Å². The van der Waals surface area contributed by atoms with E-state index in [1.54, 1.807) is 12.1 Å². The molecule has 1 heterocycles. The maximum atomic E-state index is 13.7. The van der Waals surface area contributed by atoms with Gasteiger partial charge in [-0.3, -0.25) is 0 Å². The van der Waals surface area contributed by atoms with Crippen molar-refractivity contribution in [2.75, 3.05) is 18.0 Å². The van der Waals surface area contributed by atoms with E-state index in [9.17, 15) is 14.3 Å². The van der Waals surface area contributed by atoms with Crippen LogP contribution in [-0.2, 0) is 0 Å². The van der Waals surface area contributed by atoms with Gasteiger partial charge in [0.25, 0.3) is 0 Å². The van der Waals surface area contributed by atoms with Gasteiger partial charge in [-0.05, 0) is 37.3 Å². The number of hydrogen-bond donors (Lipinski definition) is 1. The Kier molecular flexibility index (Phi) is 4.40. The number of benzene rings is 1. The molecule has 1 aliphatic rings. The summed E-state index contributed by atoms with van der Waals surface area (Å²) in [5, 5.41) is 9.18. The normalized spacial score (nSPS) is 20.1. The summed E-state index contributed by atoms with van der Waals surface area (Å²) in [4.78, 5) is 13.2. The Labute approximate surface area is 113 Å². The maximum Gasteiger partial charge on any atom is 0.340 e. The lowest BCUT2D eigenvalue weighted by Crippen LogP contribution is -2.26. The third kappa shape index (κ3) is 3.06. The van der Waals surface area contributed by atoms with Crippen molar-refractivity contribution in [3.63, 3.8) is 0 Å². The van der Waals surface area contributed by atoms with Crippen molar-refractivity contribution in [2.24, 2.45) is 5.92 Å². The van der Waals surface area contributed by atoms with Gasteiger partial charge in [-0.2, -0.15) is 0 Å². The van der Waals surface area contributed by atoms with E-state index in [1.807, 2.05) is 4.90 Å². The number of nitrogens with zero attached hydrogens (tertiary/aromatic N) is 1. The number of anilines is 1. The van der Waals surface area contributed by atoms with Crippen molar-refractivity contribution in [3.05, 3.63) is 29.6 Å². The van der Waals surface area contributed by atoms with Gasteiger partial charge in [-0.15, -0.1) is 0 Å². The van der Waals surface area contributed by atoms with E-state index in [-0.39, 0.29) is 5.56 Å². The molecule has 1 saturated heterocycles. The molecule has 1 aromatic rings. The molecule has 0 aromatic heterocycles. The molecular weight excluding hydrogens is 245 g/mol. The first-order valence-corrected chi connectivity index (χ1v) is 6.90. The molecule has 0 amide bonds. The van der Waals surface area contributed by atoms with Gasteiger partial charge in [0.15, 0.2) is 0 Å². The van der Waals surface area contributed by atoms with Crippen molar-refractivity contribution >= 4 is 11.7 Å². The first-order chi connectivity index (χ1) is 9.13. The number of hydrogen-bond acceptors (Lipinski definition) is 2. The van der Waals surface area contributed by atoms with Crippen LogP contribution in [0, 0.1) is 11.7 Å². The quantitative estimate of drug-likeness (QED) is 0.908. The standard InChI is InChI=1S/C15H20FNO2/c1-2-11-5-4-9-17(10-8-11)13-7-3-6-12(16)14(13)15(18)19/h3,6-7,11H,2,4-5,8-10H2,1H3,(H,18,19). The maximum absolute atomic E-state index is 13.7. The fourth-order valence-electron chi connectivity index (χ4n) is 2.80. The summed E-state index contributed by atoms with van der Waals surface area (Å²) in [6.07, 6.45) is 4.41. The van der Waals surface area contributed by atoms with Crippen LogP contribution >= 0.6 is 0 Å². The highest BCUT2D eigenvalue weighted by Gasteiger charge is 2.22. The second kappa shape index (κ2) is 6.04. The van der Waals surface area contributed by atoms with E-state index < -0.39 is 11.8 Å². The molecule has 2 rings (SSSR count). The zero-order valence-corrected chi connectivity index (χ0v) is 11.2. The van der Waals surface area contributed by atoms with Crippen LogP contribution in [0.15, 0.2) is 18.2 Å². The van der Waals surface area contributed by atoms with Crippen molar-refractivity contribution in [3.8, 4) is 0 Å². The van der Waals surface area contributed by atoms with Gasteiger partial charge < -0.3 is 10.0 Å². The van der Waals surface area contributed by atoms with E-state index in [2.05, 4.69) is 6.92 Å². The molecule has 0 saturated carbocycles. The molecule has 104 valence electrons. The second-order valence-corrected chi connectivity index (χ2v) is 5.13. The third-order valence-corrected chi connectivity index (χ3v) is 3.97. The van der Waals surface area contributed by atoms with Crippen LogP contribution in [0.4, 0.5) is 10.1 Å². The Hall–Kier alpha value is -1.58. The van der Waals surface area contributed by atoms with Gasteiger partial charge in [0.05, 0.1) is 5.69 Å². The summed E-state index contributed by atoms with van der Waals surface area (Å²) >= 11 is 0. The van der Waals surface area contributed by atoms with Gasteiger partial charge in [0.1, 0.15) is 11.4 Å². The predicted molar refractivity (Wildman–Crippen MR) is 73.2 cm³/mol. The average molecular weight is 265 g/mol. The van der Waals surface area contributed by atoms with Crippen molar-refractivity contribution in [1.29, 1.82) is 0 Å². The van der Waals surface area contributed by atoms with Gasteiger partial charge in [-0.1, -0.05) is 19.4 Å². The third-order valence-electron chi connectivity index (χ3n) is 3.97. The number of rotatable bonds is 3. The molecule has 1 aromatic carbocycles. The number of carboxylic acids is 1. The summed E-state index contributed by atoms with van der Waals surface area (Å²) in [5.41, 5.74) is 0.321. The first-order valence-electron chi connectivity index (χ1n) is 6.90. The van der Waals surface area contributed by atoms with Gasteiger partial charge >= 0.3 is 5.97 Å². The number of aromatic carboxylic acids is 1. The molecule has 4 heteroatoms. The highest BCUT2D eigenvalue weighted by molar-refractivity contribution is 5.94. The van der Waals surface area contributed by atoms with Crippen LogP contribution in [0.2, 0.25) is 0 Å². The van der Waals surface area contributed by atoms with Gasteiger partial charge in [0, 0.05) is 13.1 Å². The van der Waals surface area contributed by atoms with Crippen LogP contribution in [0.3, 0.4) is 0 Å². The van der Waals surface area contributed by atoms with Crippen LogP contribution < -0.4 is 4.90 Å². The van der Waals surface area contributed by atoms with Crippen LogP contribution in [0.25, 0.3) is 0 Å². The van der Waals surface area contributed by atoms with Crippen LogP contribution in [0.5, 0.6) is 0 Å². The summed E-state index contributed by atoms with van der Waals surface area (Å²) in [7, 11) is 0. The molecule has 0 spiro atoms. The highest BCUT2D eigenvalue weighted by atomic mass is 19.1. The van der Waals surface area contributed by atoms with Crippen LogP contribution in [0.1, 0.15) is 43.0 Å². The smallest absolute Gasteiger partial charge is 0.340 e. The largest absolute Gasteiger partial charge is 0.478 e. The van der Waals surface area contributed by atoms with Gasteiger partial charge in [0.2, 0.25) is 0 Å². The minimum Gasteiger partial charge on any atom is -0.478 e. The molecule has 19 heavy (non-hydrogen) atoms. The molecule has 1 atom stereocenters. The Balaban J connectivity index is 2.26. The highest BCUT2D eigenvalue weighted by Crippen LogP contribution is 2.28. The number of carboxylic acid groups (broad SMARTS) is 1. The molecule has 0 radical (unpaired) electrons. The minimum atomic E-state index is -1.19. The lowest BCUT2D eigenvalue weighted by molar-refractivity contribution is 0.0692. The second-order valence-electron chi connectivity index (χ2n) is 5.13. The molecule has 3 nitrogen and oxygen atoms in total. The monoisotopic (exact) mass is 265 g/mol. The fraction of sp³-hybridized carbons (Fsp3) is 0.533. The zero-order chi connectivity index (χ0) is 13.8. The lowest BCUT2D eigenvalue weighted by Gasteiger charge is -2.24. The average Bonchev–Trinajstić information content (AvgIpc) is 2.63. The molecule has 0 bridgehead atoms. The molecule has 1 fully saturated rings. The Morgan fingerprint density at radius 3 is 2.89 bits per heavy atom. The molecule has 0 aliphatic carbocycles. The van der Waals surface area contributed by atoms with E-state index in [0.29, 0.717) is 11.6 Å². The molecule has 1 unspecified atom stereocenters. The zero-order valence-electron chi connectivity index (χ0n) is 11.2. The molecule has 1 N–H and O–H groups in total. The Morgan fingerprint density at radius 1 is 1.42 bits per heavy atom. The molecule has 1 aliphatic heterocycles. The van der Waals surface area contributed by atoms with E-state index in [0.717, 1.165) is 32.4 Å². The topological polar surface area (TPSA) is 40.5 Å². The van der Waals surface area contributed by atoms with Gasteiger partial charge in [-0.25, -0.2) is 9.18 Å². The van der Waals surface area contributed by atoms with E-state index in [4.69, 9.17) is 0 Å². The number of halogens is 1. The minimum absolute atomic E-state index is 0.197. The Morgan fingerprint density at radius 2 is 2.21 bits per heavy atom. The first kappa shape index (κ1) is 13.8. The summed E-state index contributed by atoms with van der Waals surface area (Å²) in [5.74, 6) is -1.14. The number of carbonyl (C=O) groups is 1. The van der Waals surface area contributed by atoms with E-state index >= 15 is 0 Å². The lowest BCUT2D eigenvalue weighted by atomic mass is 9.98. The summed E-state index contributed by atoms with van der Waals surface area (Å²) in [6.45, 7) is 3.80. The SMILES string of the molecule is CCC1CCCN(c2cccc(F)c2C(=O)O)CC1. The summed E-state index contributed by atoms with van der Waals surface area (Å²) in [6, 6.07) is 4.50. The molecular formula is C15H20FNO2. The fourth-order valence-corrected chi connectivity index (χ4v) is 2.80. The van der Waals surface area contributed by atoms with Crippen molar-refractivity contribution in [2.45, 2.75) is 32.6 Å². The summed E-state index contributed by atoms with van der Waals surface area (Å²) < 4.78 is 13.7. The van der Waals surface area contributed by atoms with E-state index in [1.165, 1.54) is 12.5 Å².